The highest BCUT2D eigenvalue weighted by atomic mass is 127. The van der Waals surface area contributed by atoms with Crippen LogP contribution in [0, 0.1) is 6.92 Å². The Morgan fingerprint density at radius 2 is 1.81 bits per heavy atom. The number of aryl methyl sites for hydroxylation is 1. The van der Waals surface area contributed by atoms with Crippen molar-refractivity contribution in [2.45, 2.75) is 31.7 Å². The summed E-state index contributed by atoms with van der Waals surface area (Å²) in [6.45, 7) is 6.66. The predicted octanol–water partition coefficient (Wildman–Crippen LogP) is 3.56. The first-order valence-corrected chi connectivity index (χ1v) is 12.1. The molecule has 0 atom stereocenters. The molecule has 0 heterocycles. The smallest absolute Gasteiger partial charge is 0.191 e. The molecule has 0 radical (unpaired) electrons. The molecule has 178 valence electrons. The molecule has 2 aromatic rings. The van der Waals surface area contributed by atoms with Gasteiger partial charge >= 0.3 is 0 Å². The van der Waals surface area contributed by atoms with Crippen LogP contribution in [0.4, 0.5) is 0 Å². The fraction of sp³-hybridized carbons (Fsp3) is 0.435. The van der Waals surface area contributed by atoms with Gasteiger partial charge in [-0.3, -0.25) is 0 Å². The van der Waals surface area contributed by atoms with Crippen molar-refractivity contribution in [1.29, 1.82) is 0 Å². The van der Waals surface area contributed by atoms with Gasteiger partial charge in [0.05, 0.1) is 23.8 Å². The summed E-state index contributed by atoms with van der Waals surface area (Å²) in [5.41, 5.74) is 2.09. The Bertz CT molecular complexity index is 938. The van der Waals surface area contributed by atoms with Crippen LogP contribution in [-0.4, -0.2) is 53.5 Å². The maximum absolute atomic E-state index is 12.4. The van der Waals surface area contributed by atoms with Gasteiger partial charge in [-0.05, 0) is 44.0 Å². The number of hydrogen-bond donors (Lipinski definition) is 2. The monoisotopic (exact) mass is 575 g/mol. The molecule has 7 nitrogen and oxygen atoms in total. The van der Waals surface area contributed by atoms with Gasteiger partial charge in [-0.1, -0.05) is 30.3 Å². The maximum Gasteiger partial charge on any atom is 0.191 e. The van der Waals surface area contributed by atoms with E-state index in [-0.39, 0.29) is 29.7 Å². The number of sulfone groups is 1. The lowest BCUT2D eigenvalue weighted by molar-refractivity contribution is 0.145. The van der Waals surface area contributed by atoms with Crippen LogP contribution in [0.15, 0.2) is 58.4 Å². The van der Waals surface area contributed by atoms with Crippen LogP contribution in [0.3, 0.4) is 0 Å². The molecule has 0 saturated carbocycles. The van der Waals surface area contributed by atoms with Crippen molar-refractivity contribution in [3.05, 3.63) is 59.7 Å². The second-order valence-corrected chi connectivity index (χ2v) is 9.17. The third-order valence-corrected chi connectivity index (χ3v) is 6.32. The number of nitrogens with one attached hydrogen (secondary N) is 2. The highest BCUT2D eigenvalue weighted by molar-refractivity contribution is 14.0. The molecule has 0 aliphatic rings. The van der Waals surface area contributed by atoms with Crippen molar-refractivity contribution in [3.63, 3.8) is 0 Å². The number of nitrogens with zero attached hydrogens (tertiary/aromatic N) is 1. The summed E-state index contributed by atoms with van der Waals surface area (Å²) in [4.78, 5) is 4.99. The predicted molar refractivity (Wildman–Crippen MR) is 140 cm³/mol. The van der Waals surface area contributed by atoms with Gasteiger partial charge in [0, 0.05) is 25.8 Å². The average molecular weight is 576 g/mol. The molecule has 0 saturated heterocycles. The van der Waals surface area contributed by atoms with E-state index in [1.807, 2.05) is 38.1 Å². The van der Waals surface area contributed by atoms with Crippen LogP contribution in [0.25, 0.3) is 0 Å². The quantitative estimate of drug-likeness (QED) is 0.174. The molecular weight excluding hydrogens is 541 g/mol. The number of halogens is 1. The normalized spacial score (nSPS) is 11.5. The minimum absolute atomic E-state index is 0. The third-order valence-electron chi connectivity index (χ3n) is 4.50. The molecule has 2 aromatic carbocycles. The minimum Gasteiger partial charge on any atom is -0.491 e. The fourth-order valence-electron chi connectivity index (χ4n) is 2.88. The molecule has 2 N–H and O–H groups in total. The molecular formula is C23H34IN3O4S. The van der Waals surface area contributed by atoms with E-state index in [0.717, 1.165) is 16.9 Å². The highest BCUT2D eigenvalue weighted by Crippen LogP contribution is 2.21. The number of aliphatic imine (C=N–C) groups is 1. The van der Waals surface area contributed by atoms with Gasteiger partial charge in [-0.2, -0.15) is 0 Å². The van der Waals surface area contributed by atoms with Crippen LogP contribution in [0.5, 0.6) is 5.75 Å². The summed E-state index contributed by atoms with van der Waals surface area (Å²) in [7, 11) is -1.63. The Labute approximate surface area is 208 Å². The maximum atomic E-state index is 12.4. The summed E-state index contributed by atoms with van der Waals surface area (Å²) in [5, 5.41) is 6.41. The summed E-state index contributed by atoms with van der Waals surface area (Å²) >= 11 is 0. The van der Waals surface area contributed by atoms with Crippen LogP contribution in [0.2, 0.25) is 0 Å². The Balaban J connectivity index is 0.00000512. The van der Waals surface area contributed by atoms with Gasteiger partial charge in [-0.25, -0.2) is 13.4 Å². The number of guanidine groups is 1. The van der Waals surface area contributed by atoms with Crippen molar-refractivity contribution in [3.8, 4) is 5.75 Å². The van der Waals surface area contributed by atoms with Gasteiger partial charge in [0.1, 0.15) is 12.4 Å². The van der Waals surface area contributed by atoms with Gasteiger partial charge in [0.15, 0.2) is 15.8 Å². The zero-order chi connectivity index (χ0) is 22.5. The van der Waals surface area contributed by atoms with Crippen LogP contribution >= 0.6 is 24.0 Å². The molecule has 0 fully saturated rings. The zero-order valence-corrected chi connectivity index (χ0v) is 22.1. The molecule has 0 aliphatic heterocycles. The summed E-state index contributed by atoms with van der Waals surface area (Å²) in [5.74, 6) is 1.52. The lowest BCUT2D eigenvalue weighted by atomic mass is 10.1. The number of rotatable bonds is 12. The van der Waals surface area contributed by atoms with E-state index in [2.05, 4.69) is 15.6 Å². The first kappa shape index (κ1) is 28.2. The third kappa shape index (κ3) is 9.74. The zero-order valence-electron chi connectivity index (χ0n) is 19.0. The summed E-state index contributed by atoms with van der Waals surface area (Å²) < 4.78 is 35.7. The van der Waals surface area contributed by atoms with Gasteiger partial charge < -0.3 is 20.1 Å². The lowest BCUT2D eigenvalue weighted by Crippen LogP contribution is -2.38. The van der Waals surface area contributed by atoms with Gasteiger partial charge in [-0.15, -0.1) is 24.0 Å². The molecule has 0 unspecified atom stereocenters. The molecule has 9 heteroatoms. The molecule has 0 aliphatic carbocycles. The van der Waals surface area contributed by atoms with Crippen molar-refractivity contribution < 1.29 is 17.9 Å². The standard InChI is InChI=1S/C23H33N3O4S.HI/c1-4-24-23(25-13-8-16-31(27,28)21-9-6-5-7-10-21)26-18-20-12-11-19(2)17-22(20)30-15-14-29-3;/h5-7,9-12,17H,4,8,13-16,18H2,1-3H3,(H2,24,25,26);1H. The summed E-state index contributed by atoms with van der Waals surface area (Å²) in [6, 6.07) is 14.6. The largest absolute Gasteiger partial charge is 0.491 e. The Morgan fingerprint density at radius 3 is 2.50 bits per heavy atom. The molecule has 0 aromatic heterocycles. The topological polar surface area (TPSA) is 89.0 Å². The van der Waals surface area contributed by atoms with Gasteiger partial charge in [0.25, 0.3) is 0 Å². The van der Waals surface area contributed by atoms with Crippen LogP contribution in [-0.2, 0) is 21.1 Å². The number of benzene rings is 2. The summed E-state index contributed by atoms with van der Waals surface area (Å²) in [6.07, 6.45) is 0.484. The second-order valence-electron chi connectivity index (χ2n) is 7.06. The Morgan fingerprint density at radius 1 is 1.06 bits per heavy atom. The SMILES string of the molecule is CCNC(=NCc1ccc(C)cc1OCCOC)NCCCS(=O)(=O)c1ccccc1.I. The molecule has 32 heavy (non-hydrogen) atoms. The van der Waals surface area contributed by atoms with E-state index >= 15 is 0 Å². The van der Waals surface area contributed by atoms with E-state index in [4.69, 9.17) is 9.47 Å². The molecule has 0 amide bonds. The van der Waals surface area contributed by atoms with E-state index in [9.17, 15) is 8.42 Å². The number of hydrogen-bond acceptors (Lipinski definition) is 5. The first-order valence-electron chi connectivity index (χ1n) is 10.5. The van der Waals surface area contributed by atoms with E-state index in [1.165, 1.54) is 0 Å². The molecule has 0 bridgehead atoms. The lowest BCUT2D eigenvalue weighted by Gasteiger charge is -2.14. The Hall–Kier alpha value is -1.85. The number of methoxy groups -OCH3 is 1. The van der Waals surface area contributed by atoms with Gasteiger partial charge in [0.2, 0.25) is 0 Å². The van der Waals surface area contributed by atoms with Crippen LogP contribution in [0.1, 0.15) is 24.5 Å². The highest BCUT2D eigenvalue weighted by Gasteiger charge is 2.13. The molecule has 2 rings (SSSR count). The fourth-order valence-corrected chi connectivity index (χ4v) is 4.21. The first-order chi connectivity index (χ1) is 15.0. The minimum atomic E-state index is -3.27. The van der Waals surface area contributed by atoms with Crippen molar-refractivity contribution in [2.24, 2.45) is 4.99 Å². The van der Waals surface area contributed by atoms with Crippen LogP contribution < -0.4 is 15.4 Å². The average Bonchev–Trinajstić information content (AvgIpc) is 2.76. The van der Waals surface area contributed by atoms with E-state index in [1.54, 1.807) is 31.4 Å². The molecule has 0 spiro atoms. The second kappa shape index (κ2) is 15.1. The van der Waals surface area contributed by atoms with E-state index in [0.29, 0.717) is 50.1 Å². The van der Waals surface area contributed by atoms with Crippen molar-refractivity contribution in [2.75, 3.05) is 39.2 Å². The van der Waals surface area contributed by atoms with Crippen molar-refractivity contribution >= 4 is 39.8 Å². The Kier molecular flexibility index (Phi) is 13.3. The van der Waals surface area contributed by atoms with Crippen molar-refractivity contribution in [1.82, 2.24) is 10.6 Å². The number of ether oxygens (including phenoxy) is 2. The van der Waals surface area contributed by atoms with E-state index < -0.39 is 9.84 Å².